The molecule has 6 atom stereocenters. The number of aromatic hydroxyl groups is 1. The topological polar surface area (TPSA) is 107 Å². The number of nitrogens with one attached hydrogen (secondary N) is 1. The third-order valence-electron chi connectivity index (χ3n) is 11.3. The van der Waals surface area contributed by atoms with Crippen LogP contribution in [-0.2, 0) is 31.0 Å². The van der Waals surface area contributed by atoms with Crippen LogP contribution >= 0.6 is 15.9 Å². The van der Waals surface area contributed by atoms with Gasteiger partial charge in [-0.25, -0.2) is 0 Å². The van der Waals surface area contributed by atoms with Gasteiger partial charge in [0.2, 0.25) is 11.8 Å². The number of rotatable bonds is 6. The van der Waals surface area contributed by atoms with Crippen LogP contribution in [0.3, 0.4) is 0 Å². The summed E-state index contributed by atoms with van der Waals surface area (Å²) in [5.74, 6) is -4.97. The molecule has 0 radical (unpaired) electrons. The number of nitrogens with zero attached hydrogens (tertiary/aromatic N) is 2. The zero-order valence-electron chi connectivity index (χ0n) is 27.7. The first-order chi connectivity index (χ1) is 24.1. The monoisotopic (exact) mass is 729 g/mol. The highest BCUT2D eigenvalue weighted by molar-refractivity contribution is 9.10. The molecule has 1 saturated carbocycles. The second kappa shape index (κ2) is 12.1. The predicted molar refractivity (Wildman–Crippen MR) is 193 cm³/mol. The average Bonchev–Trinajstić information content (AvgIpc) is 3.51. The lowest BCUT2D eigenvalue weighted by atomic mass is 9.49. The second-order valence-electron chi connectivity index (χ2n) is 13.8. The first-order valence-electron chi connectivity index (χ1n) is 17.1. The number of carbonyl (C=O) groups is 4. The Balaban J connectivity index is 1.31. The first-order valence-corrected chi connectivity index (χ1v) is 17.9. The number of hydrogen-bond donors (Lipinski definition) is 2. The van der Waals surface area contributed by atoms with E-state index in [0.717, 1.165) is 28.1 Å². The summed E-state index contributed by atoms with van der Waals surface area (Å²) in [6.45, 7) is 4.01. The fourth-order valence-corrected chi connectivity index (χ4v) is 9.36. The standard InChI is InChI=1S/C41H36BrN3O5/c1-3-24-11-16-28(17-12-24)44-37(47)30-19-18-29-31(35(30)39(44)49)22-33-38(48)45(43-27-14-9-23(2)10-15-27)40(50)41(33,25-7-5-4-6-8-25)36(29)32-21-26(42)13-20-34(32)46/h4-18,20-21,30-31,33,35-36,43,46H,3,19,22H2,1-2H3/t30-,31+,33-,35-,36+,41+/m0/s1. The maximum absolute atomic E-state index is 15.2. The highest BCUT2D eigenvalue weighted by atomic mass is 79.9. The van der Waals surface area contributed by atoms with Gasteiger partial charge < -0.3 is 5.11 Å². The maximum Gasteiger partial charge on any atom is 0.260 e. The van der Waals surface area contributed by atoms with Crippen molar-refractivity contribution in [2.45, 2.75) is 44.4 Å². The molecule has 4 aromatic rings. The summed E-state index contributed by atoms with van der Waals surface area (Å²) in [7, 11) is 0. The molecule has 2 saturated heterocycles. The SMILES string of the molecule is CCc1ccc(N2C(=O)[C@H]3[C@H](CC=C4[C@H]3C[C@H]3C(=O)N(Nc5ccc(C)cc5)C(=O)[C@@]3(c3ccccc3)[C@H]4c3cc(Br)ccc3O)C2=O)cc1. The van der Waals surface area contributed by atoms with E-state index in [1.807, 2.05) is 98.8 Å². The van der Waals surface area contributed by atoms with Crippen molar-refractivity contribution in [2.75, 3.05) is 10.3 Å². The molecule has 50 heavy (non-hydrogen) atoms. The van der Waals surface area contributed by atoms with Crippen molar-refractivity contribution in [3.8, 4) is 5.75 Å². The molecular formula is C41H36BrN3O5. The van der Waals surface area contributed by atoms with Gasteiger partial charge in [-0.1, -0.05) is 94.7 Å². The van der Waals surface area contributed by atoms with Gasteiger partial charge >= 0.3 is 0 Å². The number of aryl methyl sites for hydroxylation is 2. The third kappa shape index (κ3) is 4.70. The molecule has 4 aromatic carbocycles. The summed E-state index contributed by atoms with van der Waals surface area (Å²) in [5, 5.41) is 12.7. The molecule has 2 aliphatic carbocycles. The van der Waals surface area contributed by atoms with Crippen molar-refractivity contribution < 1.29 is 24.3 Å². The molecular weight excluding hydrogens is 694 g/mol. The molecule has 8 rings (SSSR count). The number of hydrazine groups is 1. The Hall–Kier alpha value is -5.02. The maximum atomic E-state index is 15.2. The van der Waals surface area contributed by atoms with Gasteiger partial charge in [-0.15, -0.1) is 0 Å². The minimum absolute atomic E-state index is 0.0208. The van der Waals surface area contributed by atoms with Crippen LogP contribution in [0.5, 0.6) is 5.75 Å². The molecule has 0 spiro atoms. The van der Waals surface area contributed by atoms with E-state index in [1.54, 1.807) is 18.2 Å². The second-order valence-corrected chi connectivity index (χ2v) is 14.7. The van der Waals surface area contributed by atoms with Crippen LogP contribution in [0.15, 0.2) is 113 Å². The number of fused-ring (bicyclic) bond motifs is 4. The summed E-state index contributed by atoms with van der Waals surface area (Å²) in [4.78, 5) is 59.8. The molecule has 0 aromatic heterocycles. The number of allylic oxidation sites excluding steroid dienone is 2. The van der Waals surface area contributed by atoms with Crippen molar-refractivity contribution in [1.29, 1.82) is 0 Å². The largest absolute Gasteiger partial charge is 0.508 e. The van der Waals surface area contributed by atoms with Crippen LogP contribution in [0.25, 0.3) is 0 Å². The van der Waals surface area contributed by atoms with Crippen LogP contribution in [0.2, 0.25) is 0 Å². The fourth-order valence-electron chi connectivity index (χ4n) is 8.98. The molecule has 2 N–H and O–H groups in total. The number of imide groups is 2. The molecule has 0 bridgehead atoms. The van der Waals surface area contributed by atoms with Gasteiger partial charge in [0.1, 0.15) is 5.75 Å². The molecule has 252 valence electrons. The fraction of sp³-hybridized carbons (Fsp3) is 0.268. The van der Waals surface area contributed by atoms with Gasteiger partial charge in [0.05, 0.1) is 34.5 Å². The summed E-state index contributed by atoms with van der Waals surface area (Å²) >= 11 is 3.58. The van der Waals surface area contributed by atoms with Gasteiger partial charge in [0.15, 0.2) is 0 Å². The quantitative estimate of drug-likeness (QED) is 0.160. The summed E-state index contributed by atoms with van der Waals surface area (Å²) < 4.78 is 0.696. The Morgan fingerprint density at radius 2 is 1.58 bits per heavy atom. The zero-order valence-corrected chi connectivity index (χ0v) is 29.3. The van der Waals surface area contributed by atoms with E-state index in [9.17, 15) is 19.5 Å². The molecule has 4 amide bonds. The average molecular weight is 731 g/mol. The van der Waals surface area contributed by atoms with Gasteiger partial charge in [0, 0.05) is 16.0 Å². The number of amides is 4. The van der Waals surface area contributed by atoms with E-state index in [1.165, 1.54) is 4.90 Å². The van der Waals surface area contributed by atoms with Crippen LogP contribution in [0.1, 0.15) is 47.9 Å². The summed E-state index contributed by atoms with van der Waals surface area (Å²) in [5.41, 5.74) is 6.82. The number of phenolic OH excluding ortho intramolecular Hbond substituents is 1. The highest BCUT2D eigenvalue weighted by Gasteiger charge is 2.70. The Bertz CT molecular complexity index is 2080. The van der Waals surface area contributed by atoms with E-state index in [-0.39, 0.29) is 24.0 Å². The van der Waals surface area contributed by atoms with Crippen LogP contribution in [0.4, 0.5) is 11.4 Å². The molecule has 8 nitrogen and oxygen atoms in total. The van der Waals surface area contributed by atoms with Crippen LogP contribution in [-0.4, -0.2) is 33.7 Å². The van der Waals surface area contributed by atoms with Crippen molar-refractivity contribution >= 4 is 50.9 Å². The number of benzene rings is 4. The number of phenols is 1. The molecule has 9 heteroatoms. The normalized spacial score (nSPS) is 27.2. The van der Waals surface area contributed by atoms with E-state index in [0.29, 0.717) is 33.4 Å². The lowest BCUT2D eigenvalue weighted by Gasteiger charge is -2.50. The molecule has 3 fully saturated rings. The van der Waals surface area contributed by atoms with Crippen molar-refractivity contribution in [3.63, 3.8) is 0 Å². The van der Waals surface area contributed by atoms with Gasteiger partial charge in [-0.3, -0.25) is 29.5 Å². The third-order valence-corrected chi connectivity index (χ3v) is 11.8. The Kier molecular flexibility index (Phi) is 7.79. The Labute approximate surface area is 298 Å². The Morgan fingerprint density at radius 1 is 0.860 bits per heavy atom. The number of hydrogen-bond acceptors (Lipinski definition) is 6. The number of anilines is 2. The predicted octanol–water partition coefficient (Wildman–Crippen LogP) is 7.22. The van der Waals surface area contributed by atoms with Gasteiger partial charge in [-0.05, 0) is 85.7 Å². The number of carbonyl (C=O) groups excluding carboxylic acids is 4. The van der Waals surface area contributed by atoms with E-state index < -0.39 is 46.8 Å². The summed E-state index contributed by atoms with van der Waals surface area (Å²) in [6.07, 6.45) is 3.32. The van der Waals surface area contributed by atoms with Crippen molar-refractivity contribution in [1.82, 2.24) is 5.01 Å². The lowest BCUT2D eigenvalue weighted by Crippen LogP contribution is -2.53. The molecule has 2 aliphatic heterocycles. The smallest absolute Gasteiger partial charge is 0.260 e. The Morgan fingerprint density at radius 3 is 2.28 bits per heavy atom. The van der Waals surface area contributed by atoms with E-state index in [2.05, 4.69) is 21.4 Å². The van der Waals surface area contributed by atoms with Gasteiger partial charge in [0.25, 0.3) is 11.8 Å². The first kappa shape index (κ1) is 32.2. The minimum Gasteiger partial charge on any atom is -0.508 e. The molecule has 4 aliphatic rings. The van der Waals surface area contributed by atoms with E-state index in [4.69, 9.17) is 0 Å². The molecule has 0 unspecified atom stereocenters. The van der Waals surface area contributed by atoms with Gasteiger partial charge in [-0.2, -0.15) is 5.01 Å². The highest BCUT2D eigenvalue weighted by Crippen LogP contribution is 2.65. The van der Waals surface area contributed by atoms with Crippen LogP contribution in [0, 0.1) is 30.6 Å². The van der Waals surface area contributed by atoms with Crippen molar-refractivity contribution in [2.24, 2.45) is 23.7 Å². The lowest BCUT2D eigenvalue weighted by molar-refractivity contribution is -0.138. The number of halogens is 1. The van der Waals surface area contributed by atoms with E-state index >= 15 is 4.79 Å². The zero-order chi connectivity index (χ0) is 34.9. The minimum atomic E-state index is -1.45. The molecule has 2 heterocycles. The summed E-state index contributed by atoms with van der Waals surface area (Å²) in [6, 6.07) is 29.4. The van der Waals surface area contributed by atoms with Crippen molar-refractivity contribution in [3.05, 3.63) is 135 Å². The van der Waals surface area contributed by atoms with Crippen LogP contribution < -0.4 is 10.3 Å².